The number of nitrogens with one attached hydrogen (secondary N) is 1. The topological polar surface area (TPSA) is 77.5 Å². The van der Waals surface area contributed by atoms with Crippen LogP contribution >= 0.6 is 0 Å². The van der Waals surface area contributed by atoms with Gasteiger partial charge in [-0.15, -0.1) is 0 Å². The molecule has 1 aromatic carbocycles. The number of amides is 1. The monoisotopic (exact) mass is 342 g/mol. The fourth-order valence-electron chi connectivity index (χ4n) is 2.20. The van der Waals surface area contributed by atoms with E-state index in [9.17, 15) is 9.59 Å². The van der Waals surface area contributed by atoms with Crippen molar-refractivity contribution in [3.63, 3.8) is 0 Å². The number of hydrogen-bond acceptors (Lipinski definition) is 5. The van der Waals surface area contributed by atoms with Crippen LogP contribution in [0.5, 0.6) is 11.6 Å². The van der Waals surface area contributed by atoms with E-state index in [1.165, 1.54) is 0 Å². The average molecular weight is 342 g/mol. The average Bonchev–Trinajstić information content (AvgIpc) is 2.65. The lowest BCUT2D eigenvalue weighted by Gasteiger charge is -2.06. The van der Waals surface area contributed by atoms with Gasteiger partial charge in [-0.05, 0) is 36.8 Å². The minimum Gasteiger partial charge on any atom is -0.494 e. The lowest BCUT2D eigenvalue weighted by molar-refractivity contribution is -0.121. The predicted molar refractivity (Wildman–Crippen MR) is 93.8 cm³/mol. The van der Waals surface area contributed by atoms with Crippen molar-refractivity contribution in [1.82, 2.24) is 10.3 Å². The number of ketones is 1. The van der Waals surface area contributed by atoms with Gasteiger partial charge < -0.3 is 14.8 Å². The first-order chi connectivity index (χ1) is 12.1. The summed E-state index contributed by atoms with van der Waals surface area (Å²) in [6, 6.07) is 10.5. The summed E-state index contributed by atoms with van der Waals surface area (Å²) in [7, 11) is 1.55. The summed E-state index contributed by atoms with van der Waals surface area (Å²) in [5, 5.41) is 2.78. The van der Waals surface area contributed by atoms with Crippen LogP contribution in [0.3, 0.4) is 0 Å². The third-order valence-electron chi connectivity index (χ3n) is 3.56. The Balaban J connectivity index is 1.75. The molecule has 6 heteroatoms. The summed E-state index contributed by atoms with van der Waals surface area (Å²) in [4.78, 5) is 28.1. The van der Waals surface area contributed by atoms with Crippen molar-refractivity contribution in [2.75, 3.05) is 13.7 Å². The molecule has 2 aromatic rings. The molecule has 0 fully saturated rings. The van der Waals surface area contributed by atoms with Crippen molar-refractivity contribution in [2.24, 2.45) is 0 Å². The zero-order chi connectivity index (χ0) is 18.1. The second-order valence-electron chi connectivity index (χ2n) is 5.37. The molecule has 0 aliphatic rings. The van der Waals surface area contributed by atoms with Crippen LogP contribution in [0.25, 0.3) is 0 Å². The van der Waals surface area contributed by atoms with E-state index in [2.05, 4.69) is 10.3 Å². The number of carbonyl (C=O) groups is 2. The molecular weight excluding hydrogens is 320 g/mol. The van der Waals surface area contributed by atoms with E-state index in [-0.39, 0.29) is 24.5 Å². The number of hydrogen-bond donors (Lipinski definition) is 1. The van der Waals surface area contributed by atoms with Gasteiger partial charge in [-0.1, -0.05) is 6.07 Å². The number of methoxy groups -OCH3 is 1. The van der Waals surface area contributed by atoms with Gasteiger partial charge in [0.15, 0.2) is 5.78 Å². The van der Waals surface area contributed by atoms with E-state index in [1.54, 1.807) is 43.6 Å². The number of Topliss-reactive ketones (excluding diaryl/α,β-unsaturated/α-hetero) is 1. The van der Waals surface area contributed by atoms with Gasteiger partial charge in [-0.3, -0.25) is 9.59 Å². The highest BCUT2D eigenvalue weighted by Gasteiger charge is 2.09. The molecule has 0 spiro atoms. The minimum atomic E-state index is -0.171. The maximum atomic E-state index is 12.1. The van der Waals surface area contributed by atoms with E-state index in [0.717, 1.165) is 11.3 Å². The number of benzene rings is 1. The molecule has 0 atom stereocenters. The Bertz CT molecular complexity index is 696. The number of nitrogens with zero attached hydrogens (tertiary/aromatic N) is 1. The summed E-state index contributed by atoms with van der Waals surface area (Å²) in [5.74, 6) is 1.01. The molecule has 1 heterocycles. The zero-order valence-corrected chi connectivity index (χ0v) is 14.5. The Hall–Kier alpha value is -2.89. The normalized spacial score (nSPS) is 10.2. The van der Waals surface area contributed by atoms with Crippen LogP contribution in [0.2, 0.25) is 0 Å². The van der Waals surface area contributed by atoms with Gasteiger partial charge in [-0.25, -0.2) is 4.98 Å². The first-order valence-electron chi connectivity index (χ1n) is 8.14. The molecule has 0 unspecified atom stereocenters. The highest BCUT2D eigenvalue weighted by molar-refractivity contribution is 5.98. The fourth-order valence-corrected chi connectivity index (χ4v) is 2.20. The van der Waals surface area contributed by atoms with Crippen molar-refractivity contribution in [2.45, 2.75) is 26.3 Å². The molecule has 25 heavy (non-hydrogen) atoms. The SMILES string of the molecule is CCOc1ccc(C(=O)CCC(=O)NCc2ccc(OC)nc2)cc1. The molecule has 0 aliphatic carbocycles. The van der Waals surface area contributed by atoms with Crippen LogP contribution in [0.15, 0.2) is 42.6 Å². The van der Waals surface area contributed by atoms with Crippen LogP contribution < -0.4 is 14.8 Å². The molecular formula is C19H22N2O4. The predicted octanol–water partition coefficient (Wildman–Crippen LogP) is 2.77. The number of rotatable bonds is 9. The van der Waals surface area contributed by atoms with Crippen molar-refractivity contribution < 1.29 is 19.1 Å². The number of carbonyl (C=O) groups excluding carboxylic acids is 2. The van der Waals surface area contributed by atoms with Gasteiger partial charge in [0.1, 0.15) is 5.75 Å². The Morgan fingerprint density at radius 1 is 1.08 bits per heavy atom. The first kappa shape index (κ1) is 18.4. The smallest absolute Gasteiger partial charge is 0.220 e. The zero-order valence-electron chi connectivity index (χ0n) is 14.5. The number of aromatic nitrogens is 1. The van der Waals surface area contributed by atoms with E-state index < -0.39 is 0 Å². The van der Waals surface area contributed by atoms with Crippen LogP contribution in [-0.2, 0) is 11.3 Å². The van der Waals surface area contributed by atoms with Crippen LogP contribution in [0, 0.1) is 0 Å². The molecule has 0 aliphatic heterocycles. The van der Waals surface area contributed by atoms with Gasteiger partial charge in [-0.2, -0.15) is 0 Å². The molecule has 0 radical (unpaired) electrons. The number of ether oxygens (including phenoxy) is 2. The summed E-state index contributed by atoms with van der Waals surface area (Å²) in [6.45, 7) is 2.85. The number of pyridine rings is 1. The largest absolute Gasteiger partial charge is 0.494 e. The van der Waals surface area contributed by atoms with E-state index >= 15 is 0 Å². The maximum absolute atomic E-state index is 12.1. The molecule has 132 valence electrons. The molecule has 6 nitrogen and oxygen atoms in total. The van der Waals surface area contributed by atoms with E-state index in [0.29, 0.717) is 24.6 Å². The standard InChI is InChI=1S/C19H22N2O4/c1-3-25-16-7-5-15(6-8-16)17(22)9-10-18(23)20-12-14-4-11-19(24-2)21-13-14/h4-8,11,13H,3,9-10,12H2,1-2H3,(H,20,23). The second-order valence-corrected chi connectivity index (χ2v) is 5.37. The molecule has 1 aromatic heterocycles. The van der Waals surface area contributed by atoms with E-state index in [1.807, 2.05) is 13.0 Å². The van der Waals surface area contributed by atoms with E-state index in [4.69, 9.17) is 9.47 Å². The Morgan fingerprint density at radius 3 is 2.44 bits per heavy atom. The maximum Gasteiger partial charge on any atom is 0.220 e. The van der Waals surface area contributed by atoms with Crippen molar-refractivity contribution >= 4 is 11.7 Å². The van der Waals surface area contributed by atoms with Gasteiger partial charge >= 0.3 is 0 Å². The molecule has 2 rings (SSSR count). The van der Waals surface area contributed by atoms with Gasteiger partial charge in [0, 0.05) is 37.2 Å². The highest BCUT2D eigenvalue weighted by atomic mass is 16.5. The molecule has 0 saturated carbocycles. The fraction of sp³-hybridized carbons (Fsp3) is 0.316. The Morgan fingerprint density at radius 2 is 1.84 bits per heavy atom. The van der Waals surface area contributed by atoms with Crippen LogP contribution in [-0.4, -0.2) is 30.4 Å². The Kier molecular flexibility index (Phi) is 6.95. The van der Waals surface area contributed by atoms with Crippen LogP contribution in [0.4, 0.5) is 0 Å². The van der Waals surface area contributed by atoms with Crippen molar-refractivity contribution in [1.29, 1.82) is 0 Å². The summed E-state index contributed by atoms with van der Waals surface area (Å²) in [5.41, 5.74) is 1.45. The lowest BCUT2D eigenvalue weighted by atomic mass is 10.1. The first-order valence-corrected chi connectivity index (χ1v) is 8.14. The van der Waals surface area contributed by atoms with Crippen molar-refractivity contribution in [3.05, 3.63) is 53.7 Å². The third kappa shape index (κ3) is 5.91. The molecule has 0 saturated heterocycles. The minimum absolute atomic E-state index is 0.0655. The molecule has 0 bridgehead atoms. The highest BCUT2D eigenvalue weighted by Crippen LogP contribution is 2.14. The van der Waals surface area contributed by atoms with Gasteiger partial charge in [0.25, 0.3) is 0 Å². The Labute approximate surface area is 147 Å². The lowest BCUT2D eigenvalue weighted by Crippen LogP contribution is -2.23. The summed E-state index contributed by atoms with van der Waals surface area (Å²) < 4.78 is 10.3. The van der Waals surface area contributed by atoms with Crippen LogP contribution in [0.1, 0.15) is 35.7 Å². The third-order valence-corrected chi connectivity index (χ3v) is 3.56. The summed E-state index contributed by atoms with van der Waals surface area (Å²) >= 11 is 0. The van der Waals surface area contributed by atoms with Gasteiger partial charge in [0.2, 0.25) is 11.8 Å². The summed E-state index contributed by atoms with van der Waals surface area (Å²) in [6.07, 6.45) is 1.96. The van der Waals surface area contributed by atoms with Crippen molar-refractivity contribution in [3.8, 4) is 11.6 Å². The van der Waals surface area contributed by atoms with Gasteiger partial charge in [0.05, 0.1) is 13.7 Å². The quantitative estimate of drug-likeness (QED) is 0.709. The second kappa shape index (κ2) is 9.42. The molecule has 1 amide bonds. The molecule has 1 N–H and O–H groups in total.